The van der Waals surface area contributed by atoms with Gasteiger partial charge in [-0.25, -0.2) is 0 Å². The lowest BCUT2D eigenvalue weighted by Crippen LogP contribution is -2.47. The van der Waals surface area contributed by atoms with Crippen LogP contribution < -0.4 is 5.32 Å². The number of benzene rings is 1. The number of likely N-dealkylation sites (tertiary alicyclic amines) is 1. The van der Waals surface area contributed by atoms with E-state index in [4.69, 9.17) is 4.74 Å². The average Bonchev–Trinajstić information content (AvgIpc) is 2.63. The summed E-state index contributed by atoms with van der Waals surface area (Å²) in [6.45, 7) is 5.50. The maximum absolute atomic E-state index is 12.6. The first-order valence-electron chi connectivity index (χ1n) is 8.83. The van der Waals surface area contributed by atoms with Crippen molar-refractivity contribution in [1.82, 2.24) is 10.2 Å². The fourth-order valence-corrected chi connectivity index (χ4v) is 3.44. The predicted molar refractivity (Wildman–Crippen MR) is 92.0 cm³/mol. The highest BCUT2D eigenvalue weighted by atomic mass is 16.5. The standard InChI is InChI=1S/C19H26N2O3/c1-14-2-4-15(5-3-14)19(23)16-6-9-21(10-7-16)18(22)12-17-13-24-11-8-20-17/h2-5,16-17,20H,6-13H2,1H3. The fraction of sp³-hybridized carbons (Fsp3) is 0.579. The molecule has 0 aliphatic carbocycles. The number of piperidine rings is 1. The summed E-state index contributed by atoms with van der Waals surface area (Å²) in [5.41, 5.74) is 1.95. The Bertz CT molecular complexity index is 571. The van der Waals surface area contributed by atoms with E-state index < -0.39 is 0 Å². The van der Waals surface area contributed by atoms with Gasteiger partial charge in [0.15, 0.2) is 5.78 Å². The molecular weight excluding hydrogens is 304 g/mol. The number of rotatable bonds is 4. The lowest BCUT2D eigenvalue weighted by molar-refractivity contribution is -0.133. The molecule has 1 aromatic carbocycles. The van der Waals surface area contributed by atoms with E-state index in [1.54, 1.807) is 0 Å². The van der Waals surface area contributed by atoms with Crippen LogP contribution in [-0.2, 0) is 9.53 Å². The fourth-order valence-electron chi connectivity index (χ4n) is 3.44. The van der Waals surface area contributed by atoms with Gasteiger partial charge in [-0.3, -0.25) is 9.59 Å². The normalized spacial score (nSPS) is 22.4. The maximum atomic E-state index is 12.6. The summed E-state index contributed by atoms with van der Waals surface area (Å²) < 4.78 is 5.40. The first kappa shape index (κ1) is 17.1. The average molecular weight is 330 g/mol. The number of ketones is 1. The molecule has 1 aromatic rings. The van der Waals surface area contributed by atoms with Crippen LogP contribution in [0.3, 0.4) is 0 Å². The van der Waals surface area contributed by atoms with Gasteiger partial charge in [0.2, 0.25) is 5.91 Å². The summed E-state index contributed by atoms with van der Waals surface area (Å²) in [6.07, 6.45) is 2.00. The molecule has 1 amide bonds. The molecule has 5 heteroatoms. The molecule has 1 N–H and O–H groups in total. The molecule has 5 nitrogen and oxygen atoms in total. The van der Waals surface area contributed by atoms with Crippen molar-refractivity contribution in [2.24, 2.45) is 5.92 Å². The van der Waals surface area contributed by atoms with Crippen molar-refractivity contribution >= 4 is 11.7 Å². The minimum atomic E-state index is 0.0351. The Morgan fingerprint density at radius 2 is 1.92 bits per heavy atom. The summed E-state index contributed by atoms with van der Waals surface area (Å²) in [4.78, 5) is 26.9. The van der Waals surface area contributed by atoms with Crippen molar-refractivity contribution in [1.29, 1.82) is 0 Å². The molecule has 0 radical (unpaired) electrons. The quantitative estimate of drug-likeness (QED) is 0.855. The Balaban J connectivity index is 1.48. The highest BCUT2D eigenvalue weighted by Gasteiger charge is 2.29. The number of hydrogen-bond acceptors (Lipinski definition) is 4. The molecule has 0 spiro atoms. The summed E-state index contributed by atoms with van der Waals surface area (Å²) in [5.74, 6) is 0.413. The number of aryl methyl sites for hydroxylation is 1. The lowest BCUT2D eigenvalue weighted by Gasteiger charge is -2.33. The topological polar surface area (TPSA) is 58.6 Å². The Kier molecular flexibility index (Phi) is 5.63. The number of hydrogen-bond donors (Lipinski definition) is 1. The molecule has 1 atom stereocenters. The molecule has 24 heavy (non-hydrogen) atoms. The number of ether oxygens (including phenoxy) is 1. The zero-order valence-electron chi connectivity index (χ0n) is 14.3. The molecule has 2 heterocycles. The Hall–Kier alpha value is -1.72. The van der Waals surface area contributed by atoms with Gasteiger partial charge in [0.25, 0.3) is 0 Å². The highest BCUT2D eigenvalue weighted by Crippen LogP contribution is 2.22. The molecule has 0 bridgehead atoms. The van der Waals surface area contributed by atoms with Crippen LogP contribution in [0, 0.1) is 12.8 Å². The van der Waals surface area contributed by atoms with Crippen LogP contribution in [-0.4, -0.2) is 55.5 Å². The molecule has 2 saturated heterocycles. The molecule has 0 saturated carbocycles. The van der Waals surface area contributed by atoms with Crippen molar-refractivity contribution in [2.45, 2.75) is 32.2 Å². The number of morpholine rings is 1. The number of nitrogens with zero attached hydrogens (tertiary/aromatic N) is 1. The van der Waals surface area contributed by atoms with Gasteiger partial charge in [-0.15, -0.1) is 0 Å². The highest BCUT2D eigenvalue weighted by molar-refractivity contribution is 5.98. The van der Waals surface area contributed by atoms with Crippen LogP contribution in [0.15, 0.2) is 24.3 Å². The monoisotopic (exact) mass is 330 g/mol. The van der Waals surface area contributed by atoms with E-state index >= 15 is 0 Å². The molecule has 2 fully saturated rings. The van der Waals surface area contributed by atoms with Crippen molar-refractivity contribution in [2.75, 3.05) is 32.8 Å². The molecule has 2 aliphatic rings. The zero-order valence-corrected chi connectivity index (χ0v) is 14.3. The Morgan fingerprint density at radius 1 is 1.21 bits per heavy atom. The van der Waals surface area contributed by atoms with Gasteiger partial charge >= 0.3 is 0 Å². The van der Waals surface area contributed by atoms with Crippen LogP contribution >= 0.6 is 0 Å². The molecular formula is C19H26N2O3. The van der Waals surface area contributed by atoms with Crippen molar-refractivity contribution in [3.8, 4) is 0 Å². The number of amides is 1. The van der Waals surface area contributed by atoms with Gasteiger partial charge in [0.05, 0.1) is 13.2 Å². The van der Waals surface area contributed by atoms with E-state index in [1.165, 1.54) is 0 Å². The Morgan fingerprint density at radius 3 is 2.54 bits per heavy atom. The predicted octanol–water partition coefficient (Wildman–Crippen LogP) is 1.79. The van der Waals surface area contributed by atoms with Crippen molar-refractivity contribution in [3.63, 3.8) is 0 Å². The third kappa shape index (κ3) is 4.22. The minimum absolute atomic E-state index is 0.0351. The van der Waals surface area contributed by atoms with Crippen LogP contribution in [0.2, 0.25) is 0 Å². The van der Waals surface area contributed by atoms with Gasteiger partial charge in [0.1, 0.15) is 0 Å². The largest absolute Gasteiger partial charge is 0.378 e. The van der Waals surface area contributed by atoms with Crippen molar-refractivity contribution in [3.05, 3.63) is 35.4 Å². The van der Waals surface area contributed by atoms with E-state index in [2.05, 4.69) is 5.32 Å². The van der Waals surface area contributed by atoms with Crippen molar-refractivity contribution < 1.29 is 14.3 Å². The number of Topliss-reactive ketones (excluding diaryl/α,β-unsaturated/α-hetero) is 1. The maximum Gasteiger partial charge on any atom is 0.224 e. The van der Waals surface area contributed by atoms with E-state index in [1.807, 2.05) is 36.1 Å². The first-order chi connectivity index (χ1) is 11.6. The van der Waals surface area contributed by atoms with Gasteiger partial charge in [-0.05, 0) is 19.8 Å². The molecule has 130 valence electrons. The number of nitrogens with one attached hydrogen (secondary N) is 1. The zero-order chi connectivity index (χ0) is 16.9. The van der Waals surface area contributed by atoms with E-state index in [9.17, 15) is 9.59 Å². The molecule has 3 rings (SSSR count). The van der Waals surface area contributed by atoms with Gasteiger partial charge in [0, 0.05) is 43.6 Å². The molecule has 2 aliphatic heterocycles. The third-order valence-electron chi connectivity index (χ3n) is 4.97. The van der Waals surface area contributed by atoms with E-state index in [-0.39, 0.29) is 23.7 Å². The summed E-state index contributed by atoms with van der Waals surface area (Å²) in [7, 11) is 0. The van der Waals surface area contributed by atoms with Gasteiger partial charge < -0.3 is 15.0 Å². The van der Waals surface area contributed by atoms with Crippen LogP contribution in [0.5, 0.6) is 0 Å². The van der Waals surface area contributed by atoms with Crippen LogP contribution in [0.25, 0.3) is 0 Å². The summed E-state index contributed by atoms with van der Waals surface area (Å²) in [6, 6.07) is 7.89. The second-order valence-electron chi connectivity index (χ2n) is 6.82. The minimum Gasteiger partial charge on any atom is -0.378 e. The van der Waals surface area contributed by atoms with Gasteiger partial charge in [-0.1, -0.05) is 29.8 Å². The second kappa shape index (κ2) is 7.90. The number of carbonyl (C=O) groups excluding carboxylic acids is 2. The molecule has 0 aromatic heterocycles. The van der Waals surface area contributed by atoms with E-state index in [0.29, 0.717) is 26.1 Å². The van der Waals surface area contributed by atoms with Crippen LogP contribution in [0.4, 0.5) is 0 Å². The van der Waals surface area contributed by atoms with E-state index in [0.717, 1.165) is 37.1 Å². The lowest BCUT2D eigenvalue weighted by atomic mass is 9.88. The van der Waals surface area contributed by atoms with Crippen LogP contribution in [0.1, 0.15) is 35.2 Å². The third-order valence-corrected chi connectivity index (χ3v) is 4.97. The molecule has 1 unspecified atom stereocenters. The summed E-state index contributed by atoms with van der Waals surface area (Å²) in [5, 5.41) is 3.32. The smallest absolute Gasteiger partial charge is 0.224 e. The summed E-state index contributed by atoms with van der Waals surface area (Å²) >= 11 is 0. The number of carbonyl (C=O) groups is 2. The second-order valence-corrected chi connectivity index (χ2v) is 6.82. The Labute approximate surface area is 143 Å². The first-order valence-corrected chi connectivity index (χ1v) is 8.83. The SMILES string of the molecule is Cc1ccc(C(=O)C2CCN(C(=O)CC3COCCN3)CC2)cc1. The van der Waals surface area contributed by atoms with Gasteiger partial charge in [-0.2, -0.15) is 0 Å².